The second kappa shape index (κ2) is 4.80. The van der Waals surface area contributed by atoms with E-state index in [0.717, 1.165) is 22.4 Å². The molecule has 0 fully saturated rings. The van der Waals surface area contributed by atoms with E-state index < -0.39 is 0 Å². The van der Waals surface area contributed by atoms with Crippen LogP contribution in [0.1, 0.15) is 11.4 Å². The van der Waals surface area contributed by atoms with Crippen LogP contribution in [0.4, 0.5) is 0 Å². The van der Waals surface area contributed by atoms with Gasteiger partial charge >= 0.3 is 0 Å². The van der Waals surface area contributed by atoms with Crippen LogP contribution < -0.4 is 5.73 Å². The first-order valence-corrected chi connectivity index (χ1v) is 6.00. The van der Waals surface area contributed by atoms with Crippen LogP contribution in [0.2, 0.25) is 0 Å². The van der Waals surface area contributed by atoms with E-state index in [2.05, 4.69) is 43.7 Å². The summed E-state index contributed by atoms with van der Waals surface area (Å²) in [6.07, 6.45) is 4.65. The summed E-state index contributed by atoms with van der Waals surface area (Å²) >= 11 is 3.57. The molecule has 0 aliphatic heterocycles. The molecule has 0 spiro atoms. The van der Waals surface area contributed by atoms with Gasteiger partial charge in [0.1, 0.15) is 5.82 Å². The first-order valence-electron chi connectivity index (χ1n) is 5.21. The highest BCUT2D eigenvalue weighted by Gasteiger charge is 2.04. The molecule has 0 saturated carbocycles. The molecule has 1 aromatic heterocycles. The summed E-state index contributed by atoms with van der Waals surface area (Å²) in [6, 6.07) is 6.29. The lowest BCUT2D eigenvalue weighted by Gasteiger charge is -2.08. The summed E-state index contributed by atoms with van der Waals surface area (Å²) in [5.74, 6) is 0.985. The van der Waals surface area contributed by atoms with E-state index in [-0.39, 0.29) is 0 Å². The van der Waals surface area contributed by atoms with Gasteiger partial charge in [-0.15, -0.1) is 0 Å². The first-order chi connectivity index (χ1) is 7.72. The molecule has 16 heavy (non-hydrogen) atoms. The maximum absolute atomic E-state index is 5.55. The molecule has 1 aromatic carbocycles. The third-order valence-corrected chi connectivity index (χ3v) is 3.29. The van der Waals surface area contributed by atoms with Gasteiger partial charge in [-0.1, -0.05) is 22.0 Å². The van der Waals surface area contributed by atoms with E-state index in [1.165, 1.54) is 5.56 Å². The zero-order valence-corrected chi connectivity index (χ0v) is 10.7. The lowest BCUT2D eigenvalue weighted by atomic mass is 10.1. The minimum atomic E-state index is 0.669. The van der Waals surface area contributed by atoms with Gasteiger partial charge in [-0.05, 0) is 37.6 Å². The molecular formula is C12H14BrN3. The molecule has 84 valence electrons. The molecule has 0 atom stereocenters. The van der Waals surface area contributed by atoms with Gasteiger partial charge in [-0.2, -0.15) is 0 Å². The molecule has 0 aliphatic rings. The second-order valence-corrected chi connectivity index (χ2v) is 4.51. The Balaban J connectivity index is 2.38. The van der Waals surface area contributed by atoms with Crippen molar-refractivity contribution < 1.29 is 0 Å². The highest BCUT2D eigenvalue weighted by atomic mass is 79.9. The highest BCUT2D eigenvalue weighted by molar-refractivity contribution is 9.10. The normalized spacial score (nSPS) is 10.7. The number of aryl methyl sites for hydroxylation is 1. The molecule has 1 heterocycles. The molecule has 0 radical (unpaired) electrons. The van der Waals surface area contributed by atoms with Crippen molar-refractivity contribution in [3.05, 3.63) is 46.5 Å². The summed E-state index contributed by atoms with van der Waals surface area (Å²) in [5.41, 5.74) is 7.90. The molecule has 2 N–H and O–H groups in total. The Morgan fingerprint density at radius 2 is 2.25 bits per heavy atom. The lowest BCUT2D eigenvalue weighted by molar-refractivity contribution is 0.947. The number of rotatable bonds is 3. The fraction of sp³-hybridized carbons (Fsp3) is 0.250. The van der Waals surface area contributed by atoms with Crippen LogP contribution in [0.15, 0.2) is 35.1 Å². The second-order valence-electron chi connectivity index (χ2n) is 3.66. The summed E-state index contributed by atoms with van der Waals surface area (Å²) in [7, 11) is 0. The van der Waals surface area contributed by atoms with Gasteiger partial charge in [0.25, 0.3) is 0 Å². The van der Waals surface area contributed by atoms with Crippen LogP contribution in [0, 0.1) is 6.92 Å². The zero-order valence-electron chi connectivity index (χ0n) is 9.15. The third-order valence-electron chi connectivity index (χ3n) is 2.55. The van der Waals surface area contributed by atoms with Crippen molar-refractivity contribution in [1.29, 1.82) is 0 Å². The average Bonchev–Trinajstić information content (AvgIpc) is 2.68. The summed E-state index contributed by atoms with van der Waals surface area (Å²) < 4.78 is 3.15. The predicted molar refractivity (Wildman–Crippen MR) is 68.8 cm³/mol. The van der Waals surface area contributed by atoms with Gasteiger partial charge in [0, 0.05) is 22.6 Å². The fourth-order valence-corrected chi connectivity index (χ4v) is 2.26. The van der Waals surface area contributed by atoms with Gasteiger partial charge < -0.3 is 10.3 Å². The summed E-state index contributed by atoms with van der Waals surface area (Å²) in [4.78, 5) is 4.21. The molecular weight excluding hydrogens is 266 g/mol. The number of benzene rings is 1. The number of hydrogen-bond donors (Lipinski definition) is 1. The van der Waals surface area contributed by atoms with Crippen molar-refractivity contribution in [3.63, 3.8) is 0 Å². The van der Waals surface area contributed by atoms with Gasteiger partial charge in [0.05, 0.1) is 0 Å². The van der Waals surface area contributed by atoms with Gasteiger partial charge in [0.15, 0.2) is 0 Å². The smallest absolute Gasteiger partial charge is 0.110 e. The Labute approximate surface area is 103 Å². The van der Waals surface area contributed by atoms with E-state index in [1.807, 2.05) is 13.1 Å². The van der Waals surface area contributed by atoms with Crippen LogP contribution >= 0.6 is 15.9 Å². The Hall–Kier alpha value is -1.13. The molecule has 0 bridgehead atoms. The number of hydrogen-bond acceptors (Lipinski definition) is 2. The molecule has 0 aliphatic carbocycles. The monoisotopic (exact) mass is 279 g/mol. The zero-order chi connectivity index (χ0) is 11.5. The van der Waals surface area contributed by atoms with Crippen LogP contribution in [-0.4, -0.2) is 16.1 Å². The molecule has 3 nitrogen and oxygen atoms in total. The molecule has 2 rings (SSSR count). The number of nitrogens with two attached hydrogens (primary N) is 1. The third kappa shape index (κ3) is 2.18. The molecule has 2 aromatic rings. The van der Waals surface area contributed by atoms with E-state index >= 15 is 0 Å². The standard InChI is InChI=1S/C12H14BrN3/c1-9-15-6-7-16(9)11-3-2-10(4-5-14)12(13)8-11/h2-3,6-8H,4-5,14H2,1H3. The van der Waals surface area contributed by atoms with Crippen molar-refractivity contribution in [3.8, 4) is 5.69 Å². The quantitative estimate of drug-likeness (QED) is 0.938. The van der Waals surface area contributed by atoms with Crippen LogP contribution in [0.3, 0.4) is 0 Å². The maximum atomic E-state index is 5.55. The van der Waals surface area contributed by atoms with Crippen LogP contribution in [-0.2, 0) is 6.42 Å². The van der Waals surface area contributed by atoms with Gasteiger partial charge in [0.2, 0.25) is 0 Å². The number of aromatic nitrogens is 2. The van der Waals surface area contributed by atoms with E-state index in [0.29, 0.717) is 6.54 Å². The fourth-order valence-electron chi connectivity index (χ4n) is 1.70. The van der Waals surface area contributed by atoms with Gasteiger partial charge in [-0.3, -0.25) is 0 Å². The molecule has 0 saturated heterocycles. The SMILES string of the molecule is Cc1nccn1-c1ccc(CCN)c(Br)c1. The Morgan fingerprint density at radius 3 is 2.81 bits per heavy atom. The lowest BCUT2D eigenvalue weighted by Crippen LogP contribution is -2.04. The first kappa shape index (κ1) is 11.4. The predicted octanol–water partition coefficient (Wildman–Crippen LogP) is 2.44. The van der Waals surface area contributed by atoms with E-state index in [1.54, 1.807) is 6.20 Å². The van der Waals surface area contributed by atoms with Crippen LogP contribution in [0.5, 0.6) is 0 Å². The average molecular weight is 280 g/mol. The number of nitrogens with zero attached hydrogens (tertiary/aromatic N) is 2. The van der Waals surface area contributed by atoms with E-state index in [4.69, 9.17) is 5.73 Å². The van der Waals surface area contributed by atoms with Crippen molar-refractivity contribution in [2.45, 2.75) is 13.3 Å². The van der Waals surface area contributed by atoms with Crippen molar-refractivity contribution >= 4 is 15.9 Å². The Morgan fingerprint density at radius 1 is 1.44 bits per heavy atom. The minimum absolute atomic E-state index is 0.669. The number of imidazole rings is 1. The highest BCUT2D eigenvalue weighted by Crippen LogP contribution is 2.21. The van der Waals surface area contributed by atoms with Crippen molar-refractivity contribution in [1.82, 2.24) is 9.55 Å². The Kier molecular flexibility index (Phi) is 3.41. The van der Waals surface area contributed by atoms with Crippen molar-refractivity contribution in [2.24, 2.45) is 5.73 Å². The van der Waals surface area contributed by atoms with E-state index in [9.17, 15) is 0 Å². The molecule has 4 heteroatoms. The van der Waals surface area contributed by atoms with Crippen molar-refractivity contribution in [2.75, 3.05) is 6.54 Å². The summed E-state index contributed by atoms with van der Waals surface area (Å²) in [6.45, 7) is 2.66. The number of halogens is 1. The Bertz CT molecular complexity index is 491. The minimum Gasteiger partial charge on any atom is -0.330 e. The molecule has 0 unspecified atom stereocenters. The summed E-state index contributed by atoms with van der Waals surface area (Å²) in [5, 5.41) is 0. The topological polar surface area (TPSA) is 43.8 Å². The molecule has 0 amide bonds. The van der Waals surface area contributed by atoms with Gasteiger partial charge in [-0.25, -0.2) is 4.98 Å². The maximum Gasteiger partial charge on any atom is 0.110 e. The largest absolute Gasteiger partial charge is 0.330 e. The van der Waals surface area contributed by atoms with Crippen LogP contribution in [0.25, 0.3) is 5.69 Å².